The summed E-state index contributed by atoms with van der Waals surface area (Å²) in [5.41, 5.74) is 11.3. The predicted octanol–water partition coefficient (Wildman–Crippen LogP) is 15.0. The highest BCUT2D eigenvalue weighted by atomic mass is 16.5. The Kier molecular flexibility index (Phi) is 7.12. The van der Waals surface area contributed by atoms with Crippen LogP contribution in [0.4, 0.5) is 0 Å². The molecule has 1 aliphatic heterocycles. The zero-order valence-corrected chi connectivity index (χ0v) is 31.2. The van der Waals surface area contributed by atoms with Crippen LogP contribution in [0.3, 0.4) is 0 Å². The molecule has 10 aromatic rings. The number of fused-ring (bicyclic) bond motifs is 8. The van der Waals surface area contributed by atoms with E-state index in [0.29, 0.717) is 0 Å². The highest BCUT2D eigenvalue weighted by molar-refractivity contribution is 6.23. The molecule has 0 amide bonds. The van der Waals surface area contributed by atoms with Crippen molar-refractivity contribution < 1.29 is 4.74 Å². The zero-order valence-electron chi connectivity index (χ0n) is 31.2. The van der Waals surface area contributed by atoms with Crippen LogP contribution in [0.15, 0.2) is 206 Å². The van der Waals surface area contributed by atoms with E-state index in [0.717, 1.165) is 5.75 Å². The first-order valence-corrected chi connectivity index (χ1v) is 19.9. The van der Waals surface area contributed by atoms with Crippen molar-refractivity contribution in [2.75, 3.05) is 0 Å². The average molecular weight is 725 g/mol. The summed E-state index contributed by atoms with van der Waals surface area (Å²) in [6, 6.07) is 68.8. The molecule has 1 heteroatoms. The first kappa shape index (κ1) is 32.1. The maximum atomic E-state index is 7.07. The SMILES string of the molecule is C1=CC2c3cc(-c4c5ccccc5c(-c5ccccc5)c5ccccc45)ccc3OC2C(c2c3ccccc3c(-c3cccc4ccccc34)c3ccccc23)=C1. The minimum absolute atomic E-state index is 0.0799. The molecule has 1 aliphatic carbocycles. The second-order valence-corrected chi connectivity index (χ2v) is 15.4. The molecule has 0 N–H and O–H groups in total. The van der Waals surface area contributed by atoms with E-state index >= 15 is 0 Å². The predicted molar refractivity (Wildman–Crippen MR) is 241 cm³/mol. The van der Waals surface area contributed by atoms with Gasteiger partial charge >= 0.3 is 0 Å². The number of hydrogen-bond acceptors (Lipinski definition) is 1. The lowest BCUT2D eigenvalue weighted by molar-refractivity contribution is 0.278. The molecular weight excluding hydrogens is 689 g/mol. The standard InChI is InChI=1S/C56H36O/c1-2-17-36(18-3-1)52-40-21-6-8-23-42(40)53(43-24-9-7-22-41(43)52)37-32-33-51-50(34-37)48-30-15-31-49(56(48)57-51)55-46-27-12-10-25-44(46)54(45-26-11-13-28-47(45)55)39-29-14-19-35-16-4-5-20-38(35)39/h1-34,48,56H. The van der Waals surface area contributed by atoms with Gasteiger partial charge in [0.25, 0.3) is 0 Å². The fraction of sp³-hybridized carbons (Fsp3) is 0.0357. The Hall–Kier alpha value is -7.22. The molecule has 1 heterocycles. The largest absolute Gasteiger partial charge is 0.484 e. The molecular formula is C56H36O. The Balaban J connectivity index is 1.03. The van der Waals surface area contributed by atoms with Crippen LogP contribution in [-0.2, 0) is 0 Å². The van der Waals surface area contributed by atoms with Crippen LogP contribution < -0.4 is 4.74 Å². The van der Waals surface area contributed by atoms with Crippen LogP contribution in [0, 0.1) is 0 Å². The van der Waals surface area contributed by atoms with E-state index in [9.17, 15) is 0 Å². The monoisotopic (exact) mass is 724 g/mol. The highest BCUT2D eigenvalue weighted by Crippen LogP contribution is 2.52. The molecule has 57 heavy (non-hydrogen) atoms. The van der Waals surface area contributed by atoms with Gasteiger partial charge in [0.2, 0.25) is 0 Å². The van der Waals surface area contributed by atoms with Crippen LogP contribution in [0.5, 0.6) is 5.75 Å². The first-order chi connectivity index (χ1) is 28.3. The number of hydrogen-bond donors (Lipinski definition) is 0. The van der Waals surface area contributed by atoms with Crippen LogP contribution in [0.25, 0.3) is 92.8 Å². The Labute approximate surface area is 331 Å². The van der Waals surface area contributed by atoms with E-state index in [-0.39, 0.29) is 12.0 Å². The van der Waals surface area contributed by atoms with Gasteiger partial charge in [-0.25, -0.2) is 0 Å². The molecule has 2 unspecified atom stereocenters. The molecule has 0 aromatic heterocycles. The molecule has 12 rings (SSSR count). The first-order valence-electron chi connectivity index (χ1n) is 19.9. The summed E-state index contributed by atoms with van der Waals surface area (Å²) in [7, 11) is 0. The molecule has 2 aliphatic rings. The lowest BCUT2D eigenvalue weighted by atomic mass is 9.79. The highest BCUT2D eigenvalue weighted by Gasteiger charge is 2.38. The van der Waals surface area contributed by atoms with E-state index in [4.69, 9.17) is 4.74 Å². The fourth-order valence-corrected chi connectivity index (χ4v) is 10.0. The van der Waals surface area contributed by atoms with Crippen molar-refractivity contribution in [1.82, 2.24) is 0 Å². The van der Waals surface area contributed by atoms with E-state index in [1.165, 1.54) is 104 Å². The molecule has 2 atom stereocenters. The van der Waals surface area contributed by atoms with E-state index in [1.54, 1.807) is 0 Å². The van der Waals surface area contributed by atoms with E-state index < -0.39 is 0 Å². The topological polar surface area (TPSA) is 9.23 Å². The van der Waals surface area contributed by atoms with Gasteiger partial charge in [-0.05, 0) is 105 Å². The molecule has 0 radical (unpaired) electrons. The van der Waals surface area contributed by atoms with E-state index in [2.05, 4.69) is 206 Å². The van der Waals surface area contributed by atoms with Crippen molar-refractivity contribution in [2.24, 2.45) is 0 Å². The third-order valence-electron chi connectivity index (χ3n) is 12.4. The lowest BCUT2D eigenvalue weighted by Gasteiger charge is -2.26. The van der Waals surface area contributed by atoms with Gasteiger partial charge in [0, 0.05) is 17.1 Å². The molecule has 266 valence electrons. The van der Waals surface area contributed by atoms with Gasteiger partial charge in [-0.1, -0.05) is 194 Å². The Morgan fingerprint density at radius 1 is 0.368 bits per heavy atom. The summed E-state index contributed by atoms with van der Waals surface area (Å²) in [4.78, 5) is 0. The second kappa shape index (κ2) is 12.7. The molecule has 1 nitrogen and oxygen atoms in total. The van der Waals surface area contributed by atoms with Crippen LogP contribution in [0.2, 0.25) is 0 Å². The van der Waals surface area contributed by atoms with E-state index in [1.807, 2.05) is 0 Å². The van der Waals surface area contributed by atoms with Crippen molar-refractivity contribution >= 4 is 59.4 Å². The number of ether oxygens (including phenoxy) is 1. The number of rotatable bonds is 4. The van der Waals surface area contributed by atoms with Gasteiger partial charge in [-0.2, -0.15) is 0 Å². The lowest BCUT2D eigenvalue weighted by Crippen LogP contribution is -2.21. The van der Waals surface area contributed by atoms with Crippen molar-refractivity contribution in [3.05, 3.63) is 217 Å². The minimum Gasteiger partial charge on any atom is -0.484 e. The summed E-state index contributed by atoms with van der Waals surface area (Å²) in [5.74, 6) is 1.04. The molecule has 0 saturated heterocycles. The maximum Gasteiger partial charge on any atom is 0.135 e. The normalized spacial score (nSPS) is 15.9. The molecule has 10 aromatic carbocycles. The van der Waals surface area contributed by atoms with Crippen LogP contribution in [0.1, 0.15) is 17.0 Å². The Bertz CT molecular complexity index is 3210. The smallest absolute Gasteiger partial charge is 0.135 e. The molecule has 0 spiro atoms. The maximum absolute atomic E-state index is 7.07. The zero-order chi connectivity index (χ0) is 37.5. The van der Waals surface area contributed by atoms with Gasteiger partial charge < -0.3 is 4.74 Å². The van der Waals surface area contributed by atoms with Crippen molar-refractivity contribution in [3.8, 4) is 39.1 Å². The summed E-state index contributed by atoms with van der Waals surface area (Å²) in [6.07, 6.45) is 6.74. The fourth-order valence-electron chi connectivity index (χ4n) is 10.0. The Morgan fingerprint density at radius 2 is 0.860 bits per heavy atom. The number of allylic oxidation sites excluding steroid dienone is 2. The summed E-state index contributed by atoms with van der Waals surface area (Å²) >= 11 is 0. The van der Waals surface area contributed by atoms with Gasteiger partial charge in [-0.3, -0.25) is 0 Å². The third-order valence-corrected chi connectivity index (χ3v) is 12.4. The van der Waals surface area contributed by atoms with Gasteiger partial charge in [0.15, 0.2) is 0 Å². The minimum atomic E-state index is -0.149. The third kappa shape index (κ3) is 4.82. The summed E-state index contributed by atoms with van der Waals surface area (Å²) in [5, 5.41) is 12.6. The average Bonchev–Trinajstić information content (AvgIpc) is 3.66. The molecule has 0 saturated carbocycles. The number of benzene rings is 10. The molecule has 0 fully saturated rings. The summed E-state index contributed by atoms with van der Waals surface area (Å²) < 4.78 is 7.07. The van der Waals surface area contributed by atoms with Crippen molar-refractivity contribution in [3.63, 3.8) is 0 Å². The van der Waals surface area contributed by atoms with Gasteiger partial charge in [0.1, 0.15) is 11.9 Å². The molecule has 0 bridgehead atoms. The second-order valence-electron chi connectivity index (χ2n) is 15.4. The van der Waals surface area contributed by atoms with Gasteiger partial charge in [0.05, 0.1) is 0 Å². The summed E-state index contributed by atoms with van der Waals surface area (Å²) in [6.45, 7) is 0. The van der Waals surface area contributed by atoms with Crippen molar-refractivity contribution in [1.29, 1.82) is 0 Å². The van der Waals surface area contributed by atoms with Gasteiger partial charge in [-0.15, -0.1) is 0 Å². The van der Waals surface area contributed by atoms with Crippen LogP contribution in [-0.4, -0.2) is 6.10 Å². The van der Waals surface area contributed by atoms with Crippen LogP contribution >= 0.6 is 0 Å². The van der Waals surface area contributed by atoms with Crippen molar-refractivity contribution in [2.45, 2.75) is 12.0 Å². The quantitative estimate of drug-likeness (QED) is 0.164. The Morgan fingerprint density at radius 3 is 1.47 bits per heavy atom.